The lowest BCUT2D eigenvalue weighted by molar-refractivity contribution is -0.318. The number of hydrogen-bond donors (Lipinski definition) is 3. The van der Waals surface area contributed by atoms with Crippen LogP contribution in [0.2, 0.25) is 0 Å². The van der Waals surface area contributed by atoms with E-state index in [1.54, 1.807) is 62.3 Å². The molecule has 4 rings (SSSR count). The summed E-state index contributed by atoms with van der Waals surface area (Å²) in [7, 11) is 5.20. The number of ketones is 1. The van der Waals surface area contributed by atoms with E-state index in [9.17, 15) is 29.7 Å². The molecule has 4 fully saturated rings. The molecule has 15 nitrogen and oxygen atoms in total. The highest BCUT2D eigenvalue weighted by Gasteiger charge is 2.59. The highest BCUT2D eigenvalue weighted by molar-refractivity contribution is 5.84. The number of Topliss-reactive ketones (excluding diaryl/α,β-unsaturated/α-hetero) is 1. The average Bonchev–Trinajstić information content (AvgIpc) is 3.40. The van der Waals surface area contributed by atoms with Crippen molar-refractivity contribution < 1.29 is 67.6 Å². The van der Waals surface area contributed by atoms with Crippen LogP contribution in [0.5, 0.6) is 0 Å². The average molecular weight is 760 g/mol. The number of likely N-dealkylation sites (N-methyl/N-ethyl adjacent to an activating group) is 1. The molecular formula is C38H65NO14. The number of aliphatic hydroxyl groups excluding tert-OH is 2. The lowest BCUT2D eigenvalue weighted by Gasteiger charge is -2.49. The van der Waals surface area contributed by atoms with E-state index in [-0.39, 0.29) is 37.2 Å². The maximum absolute atomic E-state index is 14.3. The lowest BCUT2D eigenvalue weighted by Crippen LogP contribution is -2.61. The summed E-state index contributed by atoms with van der Waals surface area (Å²) in [5, 5.41) is 34.9. The molecule has 0 saturated carbocycles. The first kappa shape index (κ1) is 43.8. The van der Waals surface area contributed by atoms with Crippen molar-refractivity contribution in [3.63, 3.8) is 0 Å². The molecule has 4 aliphatic heterocycles. The molecule has 4 aliphatic rings. The van der Waals surface area contributed by atoms with Crippen molar-refractivity contribution in [1.29, 1.82) is 0 Å². The predicted octanol–water partition coefficient (Wildman–Crippen LogP) is 2.97. The SMILES string of the molecule is CC[C@H]1OC(=O)[C@H](C)[C@@H](O[C@@H]2C[C@@](C)(OC)[C@@H](O)[C@H](C)O2)[C@H](C)C(O[C@@H]2O[C@H](C)C[C@H](N(C)C)[C@H]2O)[C@](C)(O)C[C@@H](C)C(=O)[C@H](C)[C@H]2OC(=O)O[C@@]21C. The number of fused-ring (bicyclic) bond motifs is 1. The van der Waals surface area contributed by atoms with Crippen LogP contribution in [0.15, 0.2) is 0 Å². The summed E-state index contributed by atoms with van der Waals surface area (Å²) >= 11 is 0. The van der Waals surface area contributed by atoms with Crippen LogP contribution in [-0.2, 0) is 47.5 Å². The zero-order valence-electron chi connectivity index (χ0n) is 33.8. The Hall–Kier alpha value is -1.95. The molecule has 3 N–H and O–H groups in total. The van der Waals surface area contributed by atoms with Crippen LogP contribution >= 0.6 is 0 Å². The molecule has 4 saturated heterocycles. The monoisotopic (exact) mass is 759 g/mol. The van der Waals surface area contributed by atoms with Crippen molar-refractivity contribution in [3.05, 3.63) is 0 Å². The number of hydrogen-bond acceptors (Lipinski definition) is 15. The van der Waals surface area contributed by atoms with Crippen LogP contribution in [0.4, 0.5) is 4.79 Å². The second kappa shape index (κ2) is 16.6. The summed E-state index contributed by atoms with van der Waals surface area (Å²) in [4.78, 5) is 43.0. The fourth-order valence-electron chi connectivity index (χ4n) is 9.03. The Morgan fingerprint density at radius 1 is 0.906 bits per heavy atom. The highest BCUT2D eigenvalue weighted by Crippen LogP contribution is 2.43. The number of carbonyl (C=O) groups is 3. The molecule has 0 spiro atoms. The molecule has 0 aromatic heterocycles. The van der Waals surface area contributed by atoms with Crippen LogP contribution < -0.4 is 0 Å². The summed E-state index contributed by atoms with van der Waals surface area (Å²) in [6.45, 7) is 16.9. The van der Waals surface area contributed by atoms with Crippen molar-refractivity contribution in [2.75, 3.05) is 21.2 Å². The third-order valence-electron chi connectivity index (χ3n) is 12.3. The fourth-order valence-corrected chi connectivity index (χ4v) is 9.03. The second-order valence-corrected chi connectivity index (χ2v) is 16.9. The van der Waals surface area contributed by atoms with Gasteiger partial charge in [0.05, 0.1) is 47.5 Å². The normalized spacial score (nSPS) is 49.1. The largest absolute Gasteiger partial charge is 0.509 e. The predicted molar refractivity (Wildman–Crippen MR) is 189 cm³/mol. The van der Waals surface area contributed by atoms with E-state index in [4.69, 9.17) is 37.9 Å². The van der Waals surface area contributed by atoms with Crippen LogP contribution in [0.25, 0.3) is 0 Å². The topological polar surface area (TPSA) is 189 Å². The van der Waals surface area contributed by atoms with Gasteiger partial charge in [-0.15, -0.1) is 0 Å². The van der Waals surface area contributed by atoms with Crippen LogP contribution in [-0.4, -0.2) is 144 Å². The first-order chi connectivity index (χ1) is 24.5. The highest BCUT2D eigenvalue weighted by atomic mass is 16.8. The number of carbonyl (C=O) groups excluding carboxylic acids is 3. The van der Waals surface area contributed by atoms with E-state index in [2.05, 4.69) is 0 Å². The number of esters is 1. The molecule has 0 radical (unpaired) electrons. The summed E-state index contributed by atoms with van der Waals surface area (Å²) < 4.78 is 48.7. The number of nitrogens with zero attached hydrogens (tertiary/aromatic N) is 1. The summed E-state index contributed by atoms with van der Waals surface area (Å²) in [5.41, 5.74) is -4.33. The van der Waals surface area contributed by atoms with E-state index >= 15 is 0 Å². The lowest BCUT2D eigenvalue weighted by atomic mass is 9.74. The molecule has 0 aromatic rings. The van der Waals surface area contributed by atoms with E-state index in [0.717, 1.165) is 0 Å². The number of cyclic esters (lactones) is 1. The summed E-state index contributed by atoms with van der Waals surface area (Å²) in [6, 6.07) is -0.322. The zero-order valence-corrected chi connectivity index (χ0v) is 33.8. The maximum atomic E-state index is 14.3. The van der Waals surface area contributed by atoms with E-state index < -0.39 is 108 Å². The molecule has 0 bridgehead atoms. The van der Waals surface area contributed by atoms with Gasteiger partial charge in [-0.1, -0.05) is 27.7 Å². The Morgan fingerprint density at radius 2 is 1.55 bits per heavy atom. The quantitative estimate of drug-likeness (QED) is 0.321. The number of rotatable bonds is 7. The van der Waals surface area contributed by atoms with Crippen LogP contribution in [0.3, 0.4) is 0 Å². The molecule has 0 amide bonds. The third-order valence-corrected chi connectivity index (χ3v) is 12.3. The van der Waals surface area contributed by atoms with Crippen LogP contribution in [0, 0.1) is 23.7 Å². The molecule has 306 valence electrons. The molecule has 4 heterocycles. The molecule has 53 heavy (non-hydrogen) atoms. The molecular weight excluding hydrogens is 694 g/mol. The minimum absolute atomic E-state index is 0.0996. The van der Waals surface area contributed by atoms with Gasteiger partial charge in [-0.2, -0.15) is 0 Å². The van der Waals surface area contributed by atoms with Gasteiger partial charge < -0.3 is 58.1 Å². The second-order valence-electron chi connectivity index (χ2n) is 16.9. The van der Waals surface area contributed by atoms with Gasteiger partial charge in [-0.3, -0.25) is 9.59 Å². The van der Waals surface area contributed by atoms with Gasteiger partial charge in [0.25, 0.3) is 0 Å². The van der Waals surface area contributed by atoms with Gasteiger partial charge in [-0.05, 0) is 74.9 Å². The molecule has 0 aromatic carbocycles. The van der Waals surface area contributed by atoms with Gasteiger partial charge in [0, 0.05) is 31.4 Å². The smallest absolute Gasteiger partial charge is 0.458 e. The Bertz CT molecular complexity index is 1300. The van der Waals surface area contributed by atoms with Crippen molar-refractivity contribution in [2.24, 2.45) is 23.7 Å². The van der Waals surface area contributed by atoms with E-state index in [1.165, 1.54) is 7.11 Å². The Labute approximate surface area is 314 Å². The van der Waals surface area contributed by atoms with Gasteiger partial charge in [0.2, 0.25) is 0 Å². The third kappa shape index (κ3) is 8.88. The number of ether oxygens (including phenoxy) is 8. The van der Waals surface area contributed by atoms with Crippen molar-refractivity contribution >= 4 is 17.9 Å². The molecule has 1 unspecified atom stereocenters. The Morgan fingerprint density at radius 3 is 2.13 bits per heavy atom. The van der Waals surface area contributed by atoms with E-state index in [0.29, 0.717) is 6.42 Å². The van der Waals surface area contributed by atoms with Gasteiger partial charge >= 0.3 is 12.1 Å². The van der Waals surface area contributed by atoms with Gasteiger partial charge in [0.1, 0.15) is 24.1 Å². The maximum Gasteiger partial charge on any atom is 0.509 e. The standard InChI is InChI=1S/C38H65NO14/c1-14-25-38(10)32(52-35(44)53-38)20(4)27(40)18(2)16-36(8,45)31(51-34-28(41)24(39(11)12)15-19(3)47-34)21(5)29(22(6)33(43)49-25)50-26-17-37(9,46-13)30(42)23(7)48-26/h18-26,28-32,34,41-42,45H,14-17H2,1-13H3/t18-,19-,20+,21+,22-,23+,24+,25-,26-,28-,29+,30+,31?,32-,34+,36-,37-,38-/m1/s1. The molecule has 0 aliphatic carbocycles. The van der Waals surface area contributed by atoms with Gasteiger partial charge in [-0.25, -0.2) is 4.79 Å². The Kier molecular flexibility index (Phi) is 13.7. The molecule has 15 heteroatoms. The minimum atomic E-state index is -1.78. The summed E-state index contributed by atoms with van der Waals surface area (Å²) in [6.07, 6.45) is -9.81. The first-order valence-electron chi connectivity index (χ1n) is 19.1. The van der Waals surface area contributed by atoms with Crippen LogP contribution in [0.1, 0.15) is 94.9 Å². The van der Waals surface area contributed by atoms with Crippen molar-refractivity contribution in [2.45, 2.75) is 179 Å². The van der Waals surface area contributed by atoms with Crippen molar-refractivity contribution in [1.82, 2.24) is 4.90 Å². The van der Waals surface area contributed by atoms with E-state index in [1.807, 2.05) is 25.9 Å². The zero-order chi connectivity index (χ0) is 40.0. The van der Waals surface area contributed by atoms with Crippen molar-refractivity contribution in [3.8, 4) is 0 Å². The Balaban J connectivity index is 1.84. The number of aliphatic hydroxyl groups is 3. The fraction of sp³-hybridized carbons (Fsp3) is 0.921. The molecule has 18 atom stereocenters. The number of methoxy groups -OCH3 is 1. The summed E-state index contributed by atoms with van der Waals surface area (Å²) in [5.74, 6) is -4.54. The first-order valence-corrected chi connectivity index (χ1v) is 19.1. The van der Waals surface area contributed by atoms with Gasteiger partial charge in [0.15, 0.2) is 24.3 Å². The minimum Gasteiger partial charge on any atom is -0.458 e.